The molecule has 0 spiro atoms. The predicted molar refractivity (Wildman–Crippen MR) is 69.8 cm³/mol. The Morgan fingerprint density at radius 1 is 0.950 bits per heavy atom. The highest BCUT2D eigenvalue weighted by Gasteiger charge is 2.37. The standard InChI is InChI=1S/C15H11F3N2/c16-15(17,18)20(11-13-4-2-1-3-5-13)14-8-6-12(10-19)7-9-14/h1-9H,11H2. The second kappa shape index (κ2) is 5.66. The first-order chi connectivity index (χ1) is 9.50. The fourth-order valence-electron chi connectivity index (χ4n) is 1.81. The van der Waals surface area contributed by atoms with Crippen LogP contribution in [0.5, 0.6) is 0 Å². The molecule has 0 radical (unpaired) electrons. The Kier molecular flexibility index (Phi) is 3.94. The van der Waals surface area contributed by atoms with Gasteiger partial charge in [0.05, 0.1) is 18.2 Å². The molecule has 0 aliphatic rings. The third kappa shape index (κ3) is 3.29. The molecule has 102 valence electrons. The molecule has 0 aliphatic heterocycles. The topological polar surface area (TPSA) is 27.0 Å². The van der Waals surface area contributed by atoms with Crippen molar-refractivity contribution in [1.29, 1.82) is 5.26 Å². The molecule has 2 nitrogen and oxygen atoms in total. The molecule has 0 heterocycles. The van der Waals surface area contributed by atoms with Gasteiger partial charge >= 0.3 is 6.30 Å². The molecule has 0 N–H and O–H groups in total. The number of nitriles is 1. The molecule has 2 aromatic rings. The average Bonchev–Trinajstić information content (AvgIpc) is 2.45. The summed E-state index contributed by atoms with van der Waals surface area (Å²) in [5.41, 5.74) is 0.908. The van der Waals surface area contributed by atoms with Crippen molar-refractivity contribution in [1.82, 2.24) is 0 Å². The fourth-order valence-corrected chi connectivity index (χ4v) is 1.81. The molecule has 5 heteroatoms. The van der Waals surface area contributed by atoms with Gasteiger partial charge in [0.15, 0.2) is 0 Å². The Labute approximate surface area is 114 Å². The van der Waals surface area contributed by atoms with Crippen LogP contribution in [0, 0.1) is 11.3 Å². The van der Waals surface area contributed by atoms with Crippen molar-refractivity contribution in [2.24, 2.45) is 0 Å². The van der Waals surface area contributed by atoms with Gasteiger partial charge in [-0.05, 0) is 29.8 Å². The lowest BCUT2D eigenvalue weighted by atomic mass is 10.2. The van der Waals surface area contributed by atoms with Crippen molar-refractivity contribution in [2.75, 3.05) is 4.90 Å². The first-order valence-corrected chi connectivity index (χ1v) is 5.89. The highest BCUT2D eigenvalue weighted by atomic mass is 19.4. The summed E-state index contributed by atoms with van der Waals surface area (Å²) < 4.78 is 39.4. The summed E-state index contributed by atoms with van der Waals surface area (Å²) in [6.07, 6.45) is -4.48. The van der Waals surface area contributed by atoms with E-state index >= 15 is 0 Å². The van der Waals surface area contributed by atoms with Crippen molar-refractivity contribution in [3.8, 4) is 6.07 Å². The van der Waals surface area contributed by atoms with Crippen LogP contribution in [0.2, 0.25) is 0 Å². The summed E-state index contributed by atoms with van der Waals surface area (Å²) in [6.45, 7) is -0.268. The van der Waals surface area contributed by atoms with E-state index in [1.54, 1.807) is 30.3 Å². The quantitative estimate of drug-likeness (QED) is 0.790. The van der Waals surface area contributed by atoms with E-state index in [-0.39, 0.29) is 12.2 Å². The van der Waals surface area contributed by atoms with Crippen LogP contribution in [0.3, 0.4) is 0 Å². The van der Waals surface area contributed by atoms with Crippen LogP contribution in [0.4, 0.5) is 18.9 Å². The number of rotatable bonds is 3. The molecule has 0 bridgehead atoms. The monoisotopic (exact) mass is 276 g/mol. The Morgan fingerprint density at radius 3 is 2.05 bits per heavy atom. The summed E-state index contributed by atoms with van der Waals surface area (Å²) >= 11 is 0. The van der Waals surface area contributed by atoms with Crippen molar-refractivity contribution >= 4 is 5.69 Å². The van der Waals surface area contributed by atoms with Crippen molar-refractivity contribution < 1.29 is 13.2 Å². The lowest BCUT2D eigenvalue weighted by Gasteiger charge is -2.27. The molecule has 2 aromatic carbocycles. The normalized spacial score (nSPS) is 10.9. The molecule has 0 saturated carbocycles. The zero-order valence-corrected chi connectivity index (χ0v) is 10.4. The SMILES string of the molecule is N#Cc1ccc(N(Cc2ccccc2)C(F)(F)F)cc1. The molecule has 20 heavy (non-hydrogen) atoms. The summed E-state index contributed by atoms with van der Waals surface area (Å²) in [4.78, 5) is 0.351. The number of alkyl halides is 3. The molecule has 0 amide bonds. The molecule has 2 rings (SSSR count). The van der Waals surface area contributed by atoms with Crippen LogP contribution in [-0.4, -0.2) is 6.30 Å². The van der Waals surface area contributed by atoms with Crippen molar-refractivity contribution in [3.05, 3.63) is 65.7 Å². The maximum Gasteiger partial charge on any atom is 0.485 e. The highest BCUT2D eigenvalue weighted by molar-refractivity contribution is 5.50. The first kappa shape index (κ1) is 13.9. The predicted octanol–water partition coefficient (Wildman–Crippen LogP) is 4.08. The second-order valence-corrected chi connectivity index (χ2v) is 4.20. The zero-order chi connectivity index (χ0) is 14.6. The largest absolute Gasteiger partial charge is 0.485 e. The third-order valence-electron chi connectivity index (χ3n) is 2.80. The smallest absolute Gasteiger partial charge is 0.280 e. The Hall–Kier alpha value is -2.48. The molecular weight excluding hydrogens is 265 g/mol. The second-order valence-electron chi connectivity index (χ2n) is 4.20. The Bertz CT molecular complexity index is 598. The summed E-state index contributed by atoms with van der Waals surface area (Å²) in [6, 6.07) is 15.7. The van der Waals surface area contributed by atoms with Gasteiger partial charge in [0.1, 0.15) is 0 Å². The number of hydrogen-bond donors (Lipinski definition) is 0. The summed E-state index contributed by atoms with van der Waals surface area (Å²) in [5, 5.41) is 8.68. The van der Waals surface area contributed by atoms with Crippen LogP contribution < -0.4 is 4.90 Å². The third-order valence-corrected chi connectivity index (χ3v) is 2.80. The van der Waals surface area contributed by atoms with E-state index in [0.717, 1.165) is 0 Å². The highest BCUT2D eigenvalue weighted by Crippen LogP contribution is 2.30. The lowest BCUT2D eigenvalue weighted by molar-refractivity contribution is -0.130. The Balaban J connectivity index is 2.30. The molecule has 0 fully saturated rings. The molecular formula is C15H11F3N2. The molecule has 0 aliphatic carbocycles. The van der Waals surface area contributed by atoms with Crippen molar-refractivity contribution in [3.63, 3.8) is 0 Å². The van der Waals surface area contributed by atoms with E-state index in [2.05, 4.69) is 0 Å². The minimum absolute atomic E-state index is 0.0142. The van der Waals surface area contributed by atoms with Gasteiger partial charge < -0.3 is 0 Å². The van der Waals surface area contributed by atoms with Crippen LogP contribution in [-0.2, 0) is 6.54 Å². The minimum Gasteiger partial charge on any atom is -0.280 e. The van der Waals surface area contributed by atoms with E-state index in [0.29, 0.717) is 16.0 Å². The van der Waals surface area contributed by atoms with Gasteiger partial charge in [-0.15, -0.1) is 0 Å². The van der Waals surface area contributed by atoms with E-state index in [1.807, 2.05) is 6.07 Å². The molecule has 0 aromatic heterocycles. The van der Waals surface area contributed by atoms with Gasteiger partial charge in [0, 0.05) is 5.69 Å². The van der Waals surface area contributed by atoms with Gasteiger partial charge in [-0.1, -0.05) is 30.3 Å². The maximum atomic E-state index is 13.1. The van der Waals surface area contributed by atoms with Gasteiger partial charge in [-0.2, -0.15) is 18.4 Å². The molecule has 0 unspecified atom stereocenters. The minimum atomic E-state index is -4.48. The van der Waals surface area contributed by atoms with E-state index < -0.39 is 6.30 Å². The van der Waals surface area contributed by atoms with Gasteiger partial charge in [0.2, 0.25) is 0 Å². The van der Waals surface area contributed by atoms with Crippen LogP contribution >= 0.6 is 0 Å². The van der Waals surface area contributed by atoms with Gasteiger partial charge in [0.25, 0.3) is 0 Å². The van der Waals surface area contributed by atoms with E-state index in [1.165, 1.54) is 24.3 Å². The first-order valence-electron chi connectivity index (χ1n) is 5.89. The zero-order valence-electron chi connectivity index (χ0n) is 10.4. The van der Waals surface area contributed by atoms with Crippen molar-refractivity contribution in [2.45, 2.75) is 12.8 Å². The number of nitrogens with zero attached hydrogens (tertiary/aromatic N) is 2. The number of benzene rings is 2. The van der Waals surface area contributed by atoms with Crippen LogP contribution in [0.15, 0.2) is 54.6 Å². The van der Waals surface area contributed by atoms with Gasteiger partial charge in [-0.25, -0.2) is 0 Å². The number of anilines is 1. The van der Waals surface area contributed by atoms with Crippen LogP contribution in [0.1, 0.15) is 11.1 Å². The van der Waals surface area contributed by atoms with Crippen LogP contribution in [0.25, 0.3) is 0 Å². The lowest BCUT2D eigenvalue weighted by Crippen LogP contribution is -2.37. The number of hydrogen-bond acceptors (Lipinski definition) is 2. The van der Waals surface area contributed by atoms with E-state index in [9.17, 15) is 13.2 Å². The number of halogens is 3. The maximum absolute atomic E-state index is 13.1. The fraction of sp³-hybridized carbons (Fsp3) is 0.133. The van der Waals surface area contributed by atoms with E-state index in [4.69, 9.17) is 5.26 Å². The Morgan fingerprint density at radius 2 is 1.55 bits per heavy atom. The molecule has 0 atom stereocenters. The van der Waals surface area contributed by atoms with Gasteiger partial charge in [-0.3, -0.25) is 4.90 Å². The molecule has 0 saturated heterocycles. The summed E-state index contributed by atoms with van der Waals surface area (Å²) in [7, 11) is 0. The average molecular weight is 276 g/mol. The summed E-state index contributed by atoms with van der Waals surface area (Å²) in [5.74, 6) is 0.